The number of pyridine rings is 1. The maximum atomic E-state index is 13.4. The number of rotatable bonds is 2. The van der Waals surface area contributed by atoms with Crippen LogP contribution in [-0.2, 0) is 0 Å². The van der Waals surface area contributed by atoms with Gasteiger partial charge in [-0.15, -0.1) is 0 Å². The molecule has 5 heteroatoms. The number of phenols is 1. The Morgan fingerprint density at radius 1 is 0.857 bits per heavy atom. The van der Waals surface area contributed by atoms with E-state index in [9.17, 15) is 9.50 Å². The monoisotopic (exact) mass is 369 g/mol. The highest BCUT2D eigenvalue weighted by Crippen LogP contribution is 2.31. The number of aromatic hydroxyl groups is 1. The van der Waals surface area contributed by atoms with Gasteiger partial charge in [0.25, 0.3) is 0 Å². The number of aryl methyl sites for hydroxylation is 1. The Labute approximate surface area is 160 Å². The minimum Gasteiger partial charge on any atom is -0.508 e. The van der Waals surface area contributed by atoms with Crippen molar-refractivity contribution in [3.63, 3.8) is 0 Å². The van der Waals surface area contributed by atoms with Crippen LogP contribution in [0.5, 0.6) is 5.75 Å². The highest BCUT2D eigenvalue weighted by Gasteiger charge is 2.14. The minimum atomic E-state index is -0.271. The van der Waals surface area contributed by atoms with Gasteiger partial charge < -0.3 is 5.11 Å². The largest absolute Gasteiger partial charge is 0.508 e. The summed E-state index contributed by atoms with van der Waals surface area (Å²) in [7, 11) is 0. The van der Waals surface area contributed by atoms with Crippen LogP contribution in [0.25, 0.3) is 38.8 Å². The lowest BCUT2D eigenvalue weighted by Crippen LogP contribution is -1.97. The van der Waals surface area contributed by atoms with Gasteiger partial charge in [0, 0.05) is 11.1 Å². The van der Waals surface area contributed by atoms with E-state index in [1.165, 1.54) is 12.1 Å². The van der Waals surface area contributed by atoms with Crippen LogP contribution in [0, 0.1) is 12.7 Å². The van der Waals surface area contributed by atoms with Gasteiger partial charge >= 0.3 is 0 Å². The predicted octanol–water partition coefficient (Wildman–Crippen LogP) is 5.39. The molecule has 0 aliphatic rings. The van der Waals surface area contributed by atoms with Crippen molar-refractivity contribution >= 4 is 21.9 Å². The van der Waals surface area contributed by atoms with Gasteiger partial charge in [-0.25, -0.2) is 9.37 Å². The van der Waals surface area contributed by atoms with Crippen molar-refractivity contribution in [3.8, 4) is 22.6 Å². The molecule has 3 aromatic carbocycles. The van der Waals surface area contributed by atoms with Crippen LogP contribution in [0.3, 0.4) is 0 Å². The number of benzene rings is 3. The molecule has 2 heterocycles. The smallest absolute Gasteiger partial charge is 0.123 e. The van der Waals surface area contributed by atoms with Gasteiger partial charge in [0.05, 0.1) is 17.2 Å². The second-order valence-electron chi connectivity index (χ2n) is 6.74. The first-order chi connectivity index (χ1) is 13.6. The third-order valence-corrected chi connectivity index (χ3v) is 4.94. The zero-order valence-electron chi connectivity index (χ0n) is 15.1. The SMILES string of the molecule is Cc1nc2cnc3ccc(-c4ccc(O)cc4)cc3c2n1-c1ccc(F)cc1. The summed E-state index contributed by atoms with van der Waals surface area (Å²) in [5.74, 6) is 0.775. The van der Waals surface area contributed by atoms with E-state index in [1.807, 2.05) is 35.8 Å². The van der Waals surface area contributed by atoms with Crippen LogP contribution in [0.2, 0.25) is 0 Å². The lowest BCUT2D eigenvalue weighted by Gasteiger charge is -2.10. The number of halogens is 1. The molecule has 1 N–H and O–H groups in total. The Balaban J connectivity index is 1.81. The van der Waals surface area contributed by atoms with E-state index in [-0.39, 0.29) is 11.6 Å². The van der Waals surface area contributed by atoms with Crippen LogP contribution in [0.4, 0.5) is 4.39 Å². The third-order valence-electron chi connectivity index (χ3n) is 4.94. The van der Waals surface area contributed by atoms with Crippen molar-refractivity contribution in [2.45, 2.75) is 6.92 Å². The summed E-state index contributed by atoms with van der Waals surface area (Å²) in [5, 5.41) is 10.5. The summed E-state index contributed by atoms with van der Waals surface area (Å²) < 4.78 is 15.4. The van der Waals surface area contributed by atoms with Crippen molar-refractivity contribution in [3.05, 3.63) is 84.6 Å². The Morgan fingerprint density at radius 3 is 2.32 bits per heavy atom. The number of hydrogen-bond acceptors (Lipinski definition) is 3. The molecule has 0 fully saturated rings. The van der Waals surface area contributed by atoms with Gasteiger partial charge in [-0.2, -0.15) is 0 Å². The van der Waals surface area contributed by atoms with Crippen LogP contribution in [0.15, 0.2) is 72.9 Å². The number of fused-ring (bicyclic) bond motifs is 3. The second-order valence-corrected chi connectivity index (χ2v) is 6.74. The zero-order chi connectivity index (χ0) is 19.3. The van der Waals surface area contributed by atoms with E-state index in [1.54, 1.807) is 30.5 Å². The summed E-state index contributed by atoms with van der Waals surface area (Å²) in [6.45, 7) is 1.93. The number of nitrogens with zero attached hydrogens (tertiary/aromatic N) is 3. The number of phenolic OH excluding ortho intramolecular Hbond substituents is 1. The van der Waals surface area contributed by atoms with E-state index in [4.69, 9.17) is 0 Å². The lowest BCUT2D eigenvalue weighted by molar-refractivity contribution is 0.475. The molecule has 0 aliphatic carbocycles. The number of hydrogen-bond donors (Lipinski definition) is 1. The Morgan fingerprint density at radius 2 is 1.57 bits per heavy atom. The maximum absolute atomic E-state index is 13.4. The van der Waals surface area contributed by atoms with E-state index in [2.05, 4.69) is 16.0 Å². The molecule has 0 spiro atoms. The summed E-state index contributed by atoms with van der Waals surface area (Å²) in [5.41, 5.74) is 5.46. The second kappa shape index (κ2) is 6.16. The van der Waals surface area contributed by atoms with Gasteiger partial charge in [0.15, 0.2) is 0 Å². The molecular formula is C23H16FN3O. The van der Waals surface area contributed by atoms with Crippen molar-refractivity contribution < 1.29 is 9.50 Å². The van der Waals surface area contributed by atoms with E-state index >= 15 is 0 Å². The van der Waals surface area contributed by atoms with Crippen LogP contribution >= 0.6 is 0 Å². The van der Waals surface area contributed by atoms with Gasteiger partial charge in [0.1, 0.15) is 22.9 Å². The summed E-state index contributed by atoms with van der Waals surface area (Å²) in [6, 6.07) is 19.6. The van der Waals surface area contributed by atoms with Crippen molar-refractivity contribution in [2.75, 3.05) is 0 Å². The first-order valence-corrected chi connectivity index (χ1v) is 8.93. The molecule has 0 saturated heterocycles. The molecule has 136 valence electrons. The van der Waals surface area contributed by atoms with Crippen molar-refractivity contribution in [1.82, 2.24) is 14.5 Å². The van der Waals surface area contributed by atoms with Crippen molar-refractivity contribution in [1.29, 1.82) is 0 Å². The molecule has 0 aliphatic heterocycles. The van der Waals surface area contributed by atoms with E-state index in [0.29, 0.717) is 0 Å². The molecule has 28 heavy (non-hydrogen) atoms. The van der Waals surface area contributed by atoms with Gasteiger partial charge in [-0.3, -0.25) is 9.55 Å². The molecule has 0 radical (unpaired) electrons. The molecule has 4 nitrogen and oxygen atoms in total. The topological polar surface area (TPSA) is 50.9 Å². The first kappa shape index (κ1) is 16.4. The maximum Gasteiger partial charge on any atom is 0.123 e. The standard InChI is InChI=1S/C23H16FN3O/c1-14-26-22-13-25-21-11-4-16(15-2-9-19(28)10-3-15)12-20(21)23(22)27(14)18-7-5-17(24)6-8-18/h2-13,28H,1H3. The molecule has 0 bridgehead atoms. The van der Waals surface area contributed by atoms with Crippen LogP contribution in [-0.4, -0.2) is 19.6 Å². The van der Waals surface area contributed by atoms with Gasteiger partial charge in [-0.1, -0.05) is 18.2 Å². The summed E-state index contributed by atoms with van der Waals surface area (Å²) >= 11 is 0. The quantitative estimate of drug-likeness (QED) is 0.454. The average molecular weight is 369 g/mol. The fraction of sp³-hybridized carbons (Fsp3) is 0.0435. The molecule has 0 amide bonds. The average Bonchev–Trinajstić information content (AvgIpc) is 3.05. The van der Waals surface area contributed by atoms with E-state index in [0.717, 1.165) is 44.6 Å². The molecule has 0 unspecified atom stereocenters. The Kier molecular flexibility index (Phi) is 3.62. The van der Waals surface area contributed by atoms with Crippen molar-refractivity contribution in [2.24, 2.45) is 0 Å². The van der Waals surface area contributed by atoms with Crippen LogP contribution < -0.4 is 0 Å². The fourth-order valence-corrected chi connectivity index (χ4v) is 3.61. The van der Waals surface area contributed by atoms with Crippen LogP contribution in [0.1, 0.15) is 5.82 Å². The van der Waals surface area contributed by atoms with Gasteiger partial charge in [-0.05, 0) is 66.6 Å². The minimum absolute atomic E-state index is 0.235. The first-order valence-electron chi connectivity index (χ1n) is 8.93. The highest BCUT2D eigenvalue weighted by molar-refractivity contribution is 6.04. The normalized spacial score (nSPS) is 11.4. The third kappa shape index (κ3) is 2.60. The molecule has 5 aromatic rings. The predicted molar refractivity (Wildman–Crippen MR) is 108 cm³/mol. The zero-order valence-corrected chi connectivity index (χ0v) is 15.1. The fourth-order valence-electron chi connectivity index (χ4n) is 3.61. The molecule has 0 saturated carbocycles. The highest BCUT2D eigenvalue weighted by atomic mass is 19.1. The van der Waals surface area contributed by atoms with Gasteiger partial charge in [0.2, 0.25) is 0 Å². The van der Waals surface area contributed by atoms with E-state index < -0.39 is 0 Å². The lowest BCUT2D eigenvalue weighted by atomic mass is 10.0. The molecule has 0 atom stereocenters. The number of aromatic nitrogens is 3. The summed E-state index contributed by atoms with van der Waals surface area (Å²) in [6.07, 6.45) is 1.77. The number of imidazole rings is 1. The summed E-state index contributed by atoms with van der Waals surface area (Å²) in [4.78, 5) is 9.19. The molecule has 5 rings (SSSR count). The molecule has 2 aromatic heterocycles. The Hall–Kier alpha value is -3.73. The Bertz CT molecular complexity index is 1320. The molecular weight excluding hydrogens is 353 g/mol.